The first-order chi connectivity index (χ1) is 10.4. The number of rotatable bonds is 5. The Kier molecular flexibility index (Phi) is 4.90. The predicted molar refractivity (Wildman–Crippen MR) is 85.0 cm³/mol. The Morgan fingerprint density at radius 1 is 1.27 bits per heavy atom. The van der Waals surface area contributed by atoms with Crippen LogP contribution in [0.25, 0.3) is 0 Å². The van der Waals surface area contributed by atoms with Gasteiger partial charge in [0, 0.05) is 24.4 Å². The summed E-state index contributed by atoms with van der Waals surface area (Å²) in [6.45, 7) is 10.4. The van der Waals surface area contributed by atoms with Crippen LogP contribution in [0.4, 0.5) is 0 Å². The molecule has 0 radical (unpaired) electrons. The third-order valence-electron chi connectivity index (χ3n) is 3.70. The van der Waals surface area contributed by atoms with Gasteiger partial charge in [0.2, 0.25) is 0 Å². The van der Waals surface area contributed by atoms with Crippen LogP contribution in [0.1, 0.15) is 58.6 Å². The van der Waals surface area contributed by atoms with Gasteiger partial charge >= 0.3 is 0 Å². The van der Waals surface area contributed by atoms with E-state index in [9.17, 15) is 4.79 Å². The van der Waals surface area contributed by atoms with Crippen molar-refractivity contribution in [2.75, 3.05) is 6.54 Å². The van der Waals surface area contributed by atoms with E-state index in [0.29, 0.717) is 17.8 Å². The average molecular weight is 301 g/mol. The summed E-state index contributed by atoms with van der Waals surface area (Å²) >= 11 is 0. The first-order valence-corrected chi connectivity index (χ1v) is 7.52. The van der Waals surface area contributed by atoms with Crippen molar-refractivity contribution in [1.82, 2.24) is 25.5 Å². The van der Waals surface area contributed by atoms with E-state index in [-0.39, 0.29) is 11.8 Å². The quantitative estimate of drug-likeness (QED) is 0.887. The van der Waals surface area contributed by atoms with Crippen molar-refractivity contribution >= 4 is 5.91 Å². The van der Waals surface area contributed by atoms with Crippen LogP contribution in [-0.4, -0.2) is 32.6 Å². The van der Waals surface area contributed by atoms with Gasteiger partial charge in [-0.2, -0.15) is 5.10 Å². The number of amides is 1. The van der Waals surface area contributed by atoms with E-state index in [1.807, 2.05) is 34.6 Å². The SMILES string of the molecule is Cc1nc(C(C)C)ncc1C(=O)NCCc1c(C)n[nH]c1C. The summed E-state index contributed by atoms with van der Waals surface area (Å²) in [6.07, 6.45) is 2.37. The molecule has 2 N–H and O–H groups in total. The average Bonchev–Trinajstić information content (AvgIpc) is 2.78. The lowest BCUT2D eigenvalue weighted by molar-refractivity contribution is 0.0952. The fourth-order valence-electron chi connectivity index (χ4n) is 2.32. The first-order valence-electron chi connectivity index (χ1n) is 7.52. The predicted octanol–water partition coefficient (Wildman–Crippen LogP) is 2.22. The summed E-state index contributed by atoms with van der Waals surface area (Å²) in [7, 11) is 0. The topological polar surface area (TPSA) is 83.6 Å². The Balaban J connectivity index is 1.98. The minimum absolute atomic E-state index is 0.133. The second-order valence-corrected chi connectivity index (χ2v) is 5.80. The molecule has 0 fully saturated rings. The van der Waals surface area contributed by atoms with Crippen molar-refractivity contribution < 1.29 is 4.79 Å². The van der Waals surface area contributed by atoms with Crippen LogP contribution in [0.3, 0.4) is 0 Å². The molecule has 0 aliphatic heterocycles. The highest BCUT2D eigenvalue weighted by Crippen LogP contribution is 2.12. The maximum Gasteiger partial charge on any atom is 0.254 e. The van der Waals surface area contributed by atoms with Gasteiger partial charge in [0.15, 0.2) is 0 Å². The molecule has 0 saturated carbocycles. The summed E-state index contributed by atoms with van der Waals surface area (Å²) in [6, 6.07) is 0. The largest absolute Gasteiger partial charge is 0.352 e. The molecule has 2 heterocycles. The van der Waals surface area contributed by atoms with Crippen molar-refractivity contribution in [1.29, 1.82) is 0 Å². The molecule has 2 rings (SSSR count). The molecule has 118 valence electrons. The Morgan fingerprint density at radius 2 is 2.00 bits per heavy atom. The number of nitrogens with one attached hydrogen (secondary N) is 2. The summed E-state index contributed by atoms with van der Waals surface area (Å²) in [5, 5.41) is 10.0. The Hall–Kier alpha value is -2.24. The molecule has 22 heavy (non-hydrogen) atoms. The molecule has 2 aromatic heterocycles. The lowest BCUT2D eigenvalue weighted by Crippen LogP contribution is -2.27. The number of carbonyl (C=O) groups is 1. The zero-order valence-electron chi connectivity index (χ0n) is 13.8. The van der Waals surface area contributed by atoms with E-state index in [4.69, 9.17) is 0 Å². The fourth-order valence-corrected chi connectivity index (χ4v) is 2.32. The van der Waals surface area contributed by atoms with Crippen LogP contribution in [-0.2, 0) is 6.42 Å². The molecule has 2 aromatic rings. The van der Waals surface area contributed by atoms with Gasteiger partial charge in [0.1, 0.15) is 5.82 Å². The van der Waals surface area contributed by atoms with Crippen LogP contribution in [0, 0.1) is 20.8 Å². The number of aromatic amines is 1. The van der Waals surface area contributed by atoms with Gasteiger partial charge in [0.25, 0.3) is 5.91 Å². The van der Waals surface area contributed by atoms with Crippen molar-refractivity contribution in [2.24, 2.45) is 0 Å². The maximum absolute atomic E-state index is 12.2. The molecule has 0 saturated heterocycles. The summed E-state index contributed by atoms with van der Waals surface area (Å²) in [5.74, 6) is 0.883. The smallest absolute Gasteiger partial charge is 0.254 e. The van der Waals surface area contributed by atoms with E-state index in [0.717, 1.165) is 29.2 Å². The minimum atomic E-state index is -0.133. The van der Waals surface area contributed by atoms with Crippen LogP contribution in [0.5, 0.6) is 0 Å². The van der Waals surface area contributed by atoms with Crippen LogP contribution >= 0.6 is 0 Å². The number of hydrogen-bond acceptors (Lipinski definition) is 4. The molecule has 1 amide bonds. The number of hydrogen-bond donors (Lipinski definition) is 2. The van der Waals surface area contributed by atoms with Gasteiger partial charge in [-0.05, 0) is 32.8 Å². The standard InChI is InChI=1S/C16H23N5O/c1-9(2)15-18-8-14(10(3)19-15)16(22)17-7-6-13-11(4)20-21-12(13)5/h8-9H,6-7H2,1-5H3,(H,17,22)(H,20,21). The number of aryl methyl sites for hydroxylation is 3. The van der Waals surface area contributed by atoms with Crippen LogP contribution < -0.4 is 5.32 Å². The van der Waals surface area contributed by atoms with Gasteiger partial charge in [-0.1, -0.05) is 13.8 Å². The molecule has 0 spiro atoms. The monoisotopic (exact) mass is 301 g/mol. The third kappa shape index (κ3) is 3.50. The molecule has 0 aromatic carbocycles. The molecule has 6 heteroatoms. The minimum Gasteiger partial charge on any atom is -0.352 e. The van der Waals surface area contributed by atoms with Crippen molar-refractivity contribution in [2.45, 2.75) is 47.0 Å². The second kappa shape index (κ2) is 6.68. The fraction of sp³-hybridized carbons (Fsp3) is 0.500. The van der Waals surface area contributed by atoms with Crippen LogP contribution in [0.2, 0.25) is 0 Å². The molecular formula is C16H23N5O. The third-order valence-corrected chi connectivity index (χ3v) is 3.70. The van der Waals surface area contributed by atoms with Gasteiger partial charge in [-0.25, -0.2) is 9.97 Å². The molecule has 6 nitrogen and oxygen atoms in total. The zero-order valence-corrected chi connectivity index (χ0v) is 13.8. The maximum atomic E-state index is 12.2. The summed E-state index contributed by atoms with van der Waals surface area (Å²) < 4.78 is 0. The normalized spacial score (nSPS) is 11.0. The Bertz CT molecular complexity index is 656. The molecular weight excluding hydrogens is 278 g/mol. The molecule has 0 aliphatic carbocycles. The summed E-state index contributed by atoms with van der Waals surface area (Å²) in [4.78, 5) is 20.9. The molecule has 0 aliphatic rings. The zero-order chi connectivity index (χ0) is 16.3. The van der Waals surface area contributed by atoms with E-state index < -0.39 is 0 Å². The van der Waals surface area contributed by atoms with E-state index in [2.05, 4.69) is 25.5 Å². The summed E-state index contributed by atoms with van der Waals surface area (Å²) in [5.41, 5.74) is 4.43. The van der Waals surface area contributed by atoms with Crippen molar-refractivity contribution in [3.05, 3.63) is 40.2 Å². The van der Waals surface area contributed by atoms with Gasteiger partial charge in [-0.15, -0.1) is 0 Å². The first kappa shape index (κ1) is 16.1. The Morgan fingerprint density at radius 3 is 2.55 bits per heavy atom. The lowest BCUT2D eigenvalue weighted by atomic mass is 10.1. The van der Waals surface area contributed by atoms with Gasteiger partial charge in [0.05, 0.1) is 17.0 Å². The van der Waals surface area contributed by atoms with Crippen molar-refractivity contribution in [3.63, 3.8) is 0 Å². The van der Waals surface area contributed by atoms with E-state index in [1.165, 1.54) is 0 Å². The number of aromatic nitrogens is 4. The van der Waals surface area contributed by atoms with E-state index >= 15 is 0 Å². The highest BCUT2D eigenvalue weighted by atomic mass is 16.1. The number of H-pyrrole nitrogens is 1. The highest BCUT2D eigenvalue weighted by Gasteiger charge is 2.13. The molecule has 0 bridgehead atoms. The molecule has 0 atom stereocenters. The van der Waals surface area contributed by atoms with Crippen LogP contribution in [0.15, 0.2) is 6.20 Å². The molecule has 0 unspecified atom stereocenters. The second-order valence-electron chi connectivity index (χ2n) is 5.80. The lowest BCUT2D eigenvalue weighted by Gasteiger charge is -2.09. The Labute approximate surface area is 130 Å². The van der Waals surface area contributed by atoms with Gasteiger partial charge < -0.3 is 5.32 Å². The number of nitrogens with zero attached hydrogens (tertiary/aromatic N) is 3. The van der Waals surface area contributed by atoms with Crippen molar-refractivity contribution in [3.8, 4) is 0 Å². The number of carbonyl (C=O) groups excluding carboxylic acids is 1. The van der Waals surface area contributed by atoms with Gasteiger partial charge in [-0.3, -0.25) is 9.89 Å². The highest BCUT2D eigenvalue weighted by molar-refractivity contribution is 5.94. The van der Waals surface area contributed by atoms with E-state index in [1.54, 1.807) is 6.20 Å².